The average molecular weight is 371 g/mol. The minimum Gasteiger partial charge on any atom is -0.371 e. The first kappa shape index (κ1) is 17.9. The number of piperidine rings is 1. The smallest absolute Gasteiger partial charge is 0.223 e. The van der Waals surface area contributed by atoms with E-state index in [-0.39, 0.29) is 17.9 Å². The number of carbonyl (C=O) groups excluding carboxylic acids is 1. The quantitative estimate of drug-likeness (QED) is 0.826. The molecular weight excluding hydrogens is 348 g/mol. The second-order valence-corrected chi connectivity index (χ2v) is 7.85. The molecule has 2 saturated heterocycles. The minimum absolute atomic E-state index is 0.0263. The highest BCUT2D eigenvalue weighted by Crippen LogP contribution is 2.42. The van der Waals surface area contributed by atoms with E-state index in [2.05, 4.69) is 16.0 Å². The summed E-state index contributed by atoms with van der Waals surface area (Å²) in [7, 11) is 0. The highest BCUT2D eigenvalue weighted by molar-refractivity contribution is 5.79. The van der Waals surface area contributed by atoms with Crippen LogP contribution in [0.3, 0.4) is 0 Å². The third-order valence-electron chi connectivity index (χ3n) is 5.77. The van der Waals surface area contributed by atoms with Gasteiger partial charge in [0.15, 0.2) is 0 Å². The Bertz CT molecular complexity index is 842. The number of benzene rings is 1. The van der Waals surface area contributed by atoms with Crippen LogP contribution in [0.25, 0.3) is 0 Å². The van der Waals surface area contributed by atoms with E-state index in [0.717, 1.165) is 37.7 Å². The number of pyridine rings is 1. The molecule has 4 nitrogen and oxygen atoms in total. The van der Waals surface area contributed by atoms with Crippen molar-refractivity contribution in [3.63, 3.8) is 0 Å². The number of aromatic nitrogens is 1. The maximum Gasteiger partial charge on any atom is 0.223 e. The number of likely N-dealkylation sites (tertiary alicyclic amines) is 1. The lowest BCUT2D eigenvalue weighted by molar-refractivity contribution is -0.128. The molecule has 0 aliphatic carbocycles. The molecule has 2 aromatic rings. The van der Waals surface area contributed by atoms with Gasteiger partial charge in [0.2, 0.25) is 5.91 Å². The van der Waals surface area contributed by atoms with Gasteiger partial charge in [0, 0.05) is 61.7 Å². The van der Waals surface area contributed by atoms with Crippen LogP contribution in [-0.4, -0.2) is 35.4 Å². The number of rotatable bonds is 3. The van der Waals surface area contributed by atoms with E-state index in [4.69, 9.17) is 0 Å². The predicted molar refractivity (Wildman–Crippen MR) is 99.2 cm³/mol. The molecule has 2 fully saturated rings. The number of aryl methyl sites for hydroxylation is 1. The first-order valence-corrected chi connectivity index (χ1v) is 9.33. The van der Waals surface area contributed by atoms with Crippen LogP contribution in [0.5, 0.6) is 0 Å². The Labute approximate surface area is 157 Å². The van der Waals surface area contributed by atoms with Gasteiger partial charge in [-0.3, -0.25) is 9.78 Å². The minimum atomic E-state index is -0.604. The Hall–Kier alpha value is -2.50. The van der Waals surface area contributed by atoms with Crippen molar-refractivity contribution in [3.8, 4) is 0 Å². The van der Waals surface area contributed by atoms with E-state index in [1.165, 1.54) is 17.8 Å². The molecule has 1 aromatic carbocycles. The third-order valence-corrected chi connectivity index (χ3v) is 5.77. The van der Waals surface area contributed by atoms with Crippen molar-refractivity contribution >= 4 is 11.6 Å². The Morgan fingerprint density at radius 3 is 2.48 bits per heavy atom. The monoisotopic (exact) mass is 371 g/mol. The second-order valence-electron chi connectivity index (χ2n) is 7.85. The number of hydrogen-bond acceptors (Lipinski definition) is 3. The van der Waals surface area contributed by atoms with Crippen LogP contribution in [0, 0.1) is 24.0 Å². The van der Waals surface area contributed by atoms with Crippen molar-refractivity contribution in [3.05, 3.63) is 59.4 Å². The van der Waals surface area contributed by atoms with Gasteiger partial charge in [0.25, 0.3) is 0 Å². The van der Waals surface area contributed by atoms with Crippen molar-refractivity contribution in [1.29, 1.82) is 0 Å². The van der Waals surface area contributed by atoms with Gasteiger partial charge >= 0.3 is 0 Å². The first-order chi connectivity index (χ1) is 12.9. The molecule has 0 bridgehead atoms. The predicted octanol–water partition coefficient (Wildman–Crippen LogP) is 3.69. The Morgan fingerprint density at radius 1 is 1.11 bits per heavy atom. The first-order valence-electron chi connectivity index (χ1n) is 9.33. The Balaban J connectivity index is 1.42. The van der Waals surface area contributed by atoms with Crippen molar-refractivity contribution in [2.45, 2.75) is 32.7 Å². The van der Waals surface area contributed by atoms with Gasteiger partial charge in [0.1, 0.15) is 11.6 Å². The number of anilines is 1. The maximum atomic E-state index is 13.4. The summed E-state index contributed by atoms with van der Waals surface area (Å²) in [5, 5.41) is 0. The summed E-state index contributed by atoms with van der Waals surface area (Å²) in [6.07, 6.45) is 4.23. The summed E-state index contributed by atoms with van der Waals surface area (Å²) in [5.74, 6) is -1.13. The molecule has 0 radical (unpaired) electrons. The number of hydrogen-bond donors (Lipinski definition) is 0. The summed E-state index contributed by atoms with van der Waals surface area (Å²) in [5.41, 5.74) is 2.65. The van der Waals surface area contributed by atoms with Crippen LogP contribution in [0.4, 0.5) is 14.5 Å². The molecule has 0 atom stereocenters. The van der Waals surface area contributed by atoms with Gasteiger partial charge < -0.3 is 9.80 Å². The largest absolute Gasteiger partial charge is 0.371 e. The lowest BCUT2D eigenvalue weighted by Crippen LogP contribution is -2.41. The molecule has 0 unspecified atom stereocenters. The molecule has 2 aliphatic rings. The molecule has 4 rings (SSSR count). The lowest BCUT2D eigenvalue weighted by atomic mass is 9.77. The van der Waals surface area contributed by atoms with Crippen molar-refractivity contribution < 1.29 is 13.6 Å². The summed E-state index contributed by atoms with van der Waals surface area (Å²) >= 11 is 0. The molecule has 142 valence electrons. The standard InChI is InChI=1S/C21H23F2N3O/c1-15-8-19(2-5-24-15)25-6-3-21(4-7-25)12-20(27)26(14-21)13-16-9-17(22)11-18(23)10-16/h2,5,8-11H,3-4,6-7,12-14H2,1H3. The number of amides is 1. The number of halogens is 2. The molecular formula is C21H23F2N3O. The molecule has 1 spiro atoms. The zero-order valence-electron chi connectivity index (χ0n) is 15.4. The Morgan fingerprint density at radius 2 is 1.81 bits per heavy atom. The molecule has 1 amide bonds. The number of carbonyl (C=O) groups is 1. The molecule has 0 N–H and O–H groups in total. The van der Waals surface area contributed by atoms with Crippen LogP contribution >= 0.6 is 0 Å². The van der Waals surface area contributed by atoms with E-state index in [9.17, 15) is 13.6 Å². The normalized spacial score (nSPS) is 19.1. The van der Waals surface area contributed by atoms with Gasteiger partial charge in [0.05, 0.1) is 0 Å². The summed E-state index contributed by atoms with van der Waals surface area (Å²) in [4.78, 5) is 20.9. The Kier molecular flexibility index (Phi) is 4.58. The van der Waals surface area contributed by atoms with E-state index in [1.54, 1.807) is 4.90 Å². The fourth-order valence-corrected chi connectivity index (χ4v) is 4.35. The zero-order chi connectivity index (χ0) is 19.0. The molecule has 27 heavy (non-hydrogen) atoms. The summed E-state index contributed by atoms with van der Waals surface area (Å²) in [6.45, 7) is 4.71. The van der Waals surface area contributed by atoms with Gasteiger partial charge in [-0.1, -0.05) is 0 Å². The highest BCUT2D eigenvalue weighted by Gasteiger charge is 2.44. The second kappa shape index (κ2) is 6.91. The van der Waals surface area contributed by atoms with Crippen LogP contribution in [0.15, 0.2) is 36.5 Å². The SMILES string of the molecule is Cc1cc(N2CCC3(CC2)CC(=O)N(Cc2cc(F)cc(F)c2)C3)ccn1. The topological polar surface area (TPSA) is 36.4 Å². The van der Waals surface area contributed by atoms with Gasteiger partial charge in [-0.15, -0.1) is 0 Å². The van der Waals surface area contributed by atoms with Crippen LogP contribution in [0.1, 0.15) is 30.5 Å². The van der Waals surface area contributed by atoms with E-state index in [0.29, 0.717) is 18.5 Å². The fraction of sp³-hybridized carbons (Fsp3) is 0.429. The molecule has 3 heterocycles. The fourth-order valence-electron chi connectivity index (χ4n) is 4.35. The van der Waals surface area contributed by atoms with Gasteiger partial charge in [-0.25, -0.2) is 8.78 Å². The average Bonchev–Trinajstić information content (AvgIpc) is 2.89. The lowest BCUT2D eigenvalue weighted by Gasteiger charge is -2.40. The highest BCUT2D eigenvalue weighted by atomic mass is 19.1. The van der Waals surface area contributed by atoms with Crippen molar-refractivity contribution in [2.24, 2.45) is 5.41 Å². The van der Waals surface area contributed by atoms with Crippen molar-refractivity contribution in [1.82, 2.24) is 9.88 Å². The van der Waals surface area contributed by atoms with Gasteiger partial charge in [-0.05, 0) is 49.6 Å². The van der Waals surface area contributed by atoms with E-state index < -0.39 is 11.6 Å². The summed E-state index contributed by atoms with van der Waals surface area (Å²) < 4.78 is 26.9. The molecule has 2 aliphatic heterocycles. The van der Waals surface area contributed by atoms with Crippen molar-refractivity contribution in [2.75, 3.05) is 24.5 Å². The van der Waals surface area contributed by atoms with E-state index in [1.807, 2.05) is 19.2 Å². The molecule has 6 heteroatoms. The van der Waals surface area contributed by atoms with Gasteiger partial charge in [-0.2, -0.15) is 0 Å². The maximum absolute atomic E-state index is 13.4. The number of nitrogens with zero attached hydrogens (tertiary/aromatic N) is 3. The molecule has 1 aromatic heterocycles. The van der Waals surface area contributed by atoms with Crippen LogP contribution < -0.4 is 4.90 Å². The van der Waals surface area contributed by atoms with E-state index >= 15 is 0 Å². The third kappa shape index (κ3) is 3.80. The van der Waals surface area contributed by atoms with Crippen LogP contribution in [-0.2, 0) is 11.3 Å². The molecule has 0 saturated carbocycles. The summed E-state index contributed by atoms with van der Waals surface area (Å²) in [6, 6.07) is 7.57. The zero-order valence-corrected chi connectivity index (χ0v) is 15.4. The van der Waals surface area contributed by atoms with Crippen LogP contribution in [0.2, 0.25) is 0 Å².